The zero-order valence-corrected chi connectivity index (χ0v) is 16.8. The number of amides is 1. The monoisotopic (exact) mass is 392 g/mol. The maximum absolute atomic E-state index is 12.5. The summed E-state index contributed by atoms with van der Waals surface area (Å²) in [4.78, 5) is 23.1. The van der Waals surface area contributed by atoms with Gasteiger partial charge in [0.05, 0.1) is 13.7 Å². The Labute approximate surface area is 170 Å². The molecule has 0 bridgehead atoms. The van der Waals surface area contributed by atoms with Crippen molar-refractivity contribution in [2.75, 3.05) is 32.2 Å². The first kappa shape index (κ1) is 20.1. The highest BCUT2D eigenvalue weighted by atomic mass is 16.5. The van der Waals surface area contributed by atoms with Crippen LogP contribution in [0.15, 0.2) is 60.7 Å². The number of anilines is 2. The standard InChI is InChI=1S/C22H24N4O3/c1-16-24-20(15-21(25-16)26(2)17-7-5-4-6-8-17)22(27)23-13-14-29-19-11-9-18(28-3)10-12-19/h4-12,15H,13-14H2,1-3H3,(H,23,27). The van der Waals surface area contributed by atoms with Crippen LogP contribution in [0.3, 0.4) is 0 Å². The quantitative estimate of drug-likeness (QED) is 0.593. The van der Waals surface area contributed by atoms with E-state index in [4.69, 9.17) is 9.47 Å². The number of aryl methyl sites for hydroxylation is 1. The van der Waals surface area contributed by atoms with E-state index in [0.717, 1.165) is 11.4 Å². The molecule has 0 fully saturated rings. The number of hydrogen-bond donors (Lipinski definition) is 1. The van der Waals surface area contributed by atoms with Gasteiger partial charge in [0.15, 0.2) is 0 Å². The molecule has 3 aromatic rings. The van der Waals surface area contributed by atoms with Crippen LogP contribution in [-0.2, 0) is 0 Å². The lowest BCUT2D eigenvalue weighted by molar-refractivity contribution is 0.0941. The summed E-state index contributed by atoms with van der Waals surface area (Å²) < 4.78 is 10.7. The number of rotatable bonds is 8. The molecule has 3 rings (SSSR count). The molecule has 0 aliphatic carbocycles. The summed E-state index contributed by atoms with van der Waals surface area (Å²) in [7, 11) is 3.52. The smallest absolute Gasteiger partial charge is 0.270 e. The summed E-state index contributed by atoms with van der Waals surface area (Å²) in [6, 6.07) is 18.8. The Morgan fingerprint density at radius 1 is 1.03 bits per heavy atom. The maximum Gasteiger partial charge on any atom is 0.270 e. The van der Waals surface area contributed by atoms with E-state index in [2.05, 4.69) is 15.3 Å². The topological polar surface area (TPSA) is 76.6 Å². The number of methoxy groups -OCH3 is 1. The molecule has 29 heavy (non-hydrogen) atoms. The van der Waals surface area contributed by atoms with Gasteiger partial charge in [-0.1, -0.05) is 18.2 Å². The van der Waals surface area contributed by atoms with E-state index in [-0.39, 0.29) is 5.91 Å². The largest absolute Gasteiger partial charge is 0.497 e. The third-order valence-electron chi connectivity index (χ3n) is 4.26. The van der Waals surface area contributed by atoms with Crippen LogP contribution in [0.1, 0.15) is 16.3 Å². The molecule has 0 spiro atoms. The highest BCUT2D eigenvalue weighted by molar-refractivity contribution is 5.93. The van der Waals surface area contributed by atoms with E-state index in [1.807, 2.05) is 66.5 Å². The zero-order chi connectivity index (χ0) is 20.6. The van der Waals surface area contributed by atoms with Gasteiger partial charge < -0.3 is 19.7 Å². The van der Waals surface area contributed by atoms with Crippen LogP contribution in [0.5, 0.6) is 11.5 Å². The van der Waals surface area contributed by atoms with Crippen molar-refractivity contribution >= 4 is 17.4 Å². The molecular formula is C22H24N4O3. The second kappa shape index (κ2) is 9.54. The number of hydrogen-bond acceptors (Lipinski definition) is 6. The number of para-hydroxylation sites is 1. The summed E-state index contributed by atoms with van der Waals surface area (Å²) in [5.74, 6) is 2.40. The van der Waals surface area contributed by atoms with Crippen LogP contribution in [-0.4, -0.2) is 43.2 Å². The van der Waals surface area contributed by atoms with Gasteiger partial charge in [0, 0.05) is 18.8 Å². The van der Waals surface area contributed by atoms with Crippen molar-refractivity contribution in [2.45, 2.75) is 6.92 Å². The fraction of sp³-hybridized carbons (Fsp3) is 0.227. The Bertz CT molecular complexity index is 946. The van der Waals surface area contributed by atoms with Gasteiger partial charge in [0.25, 0.3) is 5.91 Å². The first-order valence-electron chi connectivity index (χ1n) is 9.26. The molecule has 0 radical (unpaired) electrons. The highest BCUT2D eigenvalue weighted by Crippen LogP contribution is 2.21. The molecule has 0 saturated heterocycles. The fourth-order valence-electron chi connectivity index (χ4n) is 2.72. The van der Waals surface area contributed by atoms with Gasteiger partial charge >= 0.3 is 0 Å². The molecule has 7 heteroatoms. The van der Waals surface area contributed by atoms with E-state index in [1.54, 1.807) is 20.1 Å². The van der Waals surface area contributed by atoms with Crippen LogP contribution in [0, 0.1) is 6.92 Å². The second-order valence-electron chi connectivity index (χ2n) is 6.33. The second-order valence-corrected chi connectivity index (χ2v) is 6.33. The summed E-state index contributed by atoms with van der Waals surface area (Å²) in [5.41, 5.74) is 1.30. The molecule has 0 aliphatic rings. The first-order valence-corrected chi connectivity index (χ1v) is 9.26. The molecule has 0 unspecified atom stereocenters. The summed E-state index contributed by atoms with van der Waals surface area (Å²) in [6.45, 7) is 2.47. The number of ether oxygens (including phenoxy) is 2. The fourth-order valence-corrected chi connectivity index (χ4v) is 2.72. The van der Waals surface area contributed by atoms with Gasteiger partial charge in [-0.25, -0.2) is 9.97 Å². The van der Waals surface area contributed by atoms with E-state index in [1.165, 1.54) is 0 Å². The van der Waals surface area contributed by atoms with E-state index in [9.17, 15) is 4.79 Å². The average molecular weight is 392 g/mol. The molecule has 0 saturated carbocycles. The van der Waals surface area contributed by atoms with Crippen molar-refractivity contribution in [3.8, 4) is 11.5 Å². The summed E-state index contributed by atoms with van der Waals surface area (Å²) in [6.07, 6.45) is 0. The predicted molar refractivity (Wildman–Crippen MR) is 112 cm³/mol. The van der Waals surface area contributed by atoms with Crippen molar-refractivity contribution in [1.82, 2.24) is 15.3 Å². The summed E-state index contributed by atoms with van der Waals surface area (Å²) in [5, 5.41) is 2.83. The minimum Gasteiger partial charge on any atom is -0.497 e. The number of nitrogens with one attached hydrogen (secondary N) is 1. The Morgan fingerprint density at radius 3 is 2.41 bits per heavy atom. The van der Waals surface area contributed by atoms with Crippen LogP contribution in [0.2, 0.25) is 0 Å². The molecule has 0 atom stereocenters. The van der Waals surface area contributed by atoms with Gasteiger partial charge in [-0.2, -0.15) is 0 Å². The Morgan fingerprint density at radius 2 is 1.72 bits per heavy atom. The van der Waals surface area contributed by atoms with E-state index >= 15 is 0 Å². The number of aromatic nitrogens is 2. The molecule has 7 nitrogen and oxygen atoms in total. The van der Waals surface area contributed by atoms with Crippen LogP contribution in [0.4, 0.5) is 11.5 Å². The number of nitrogens with zero attached hydrogens (tertiary/aromatic N) is 3. The Hall–Kier alpha value is -3.61. The SMILES string of the molecule is COc1ccc(OCCNC(=O)c2cc(N(C)c3ccccc3)nc(C)n2)cc1. The maximum atomic E-state index is 12.5. The highest BCUT2D eigenvalue weighted by Gasteiger charge is 2.13. The summed E-state index contributed by atoms with van der Waals surface area (Å²) >= 11 is 0. The van der Waals surface area contributed by atoms with Crippen LogP contribution in [0.25, 0.3) is 0 Å². The molecule has 1 N–H and O–H groups in total. The van der Waals surface area contributed by atoms with E-state index in [0.29, 0.717) is 36.2 Å². The minimum absolute atomic E-state index is 0.267. The van der Waals surface area contributed by atoms with Crippen molar-refractivity contribution in [2.24, 2.45) is 0 Å². The van der Waals surface area contributed by atoms with Gasteiger partial charge in [0.2, 0.25) is 0 Å². The van der Waals surface area contributed by atoms with Gasteiger partial charge in [-0.15, -0.1) is 0 Å². The van der Waals surface area contributed by atoms with E-state index < -0.39 is 0 Å². The Kier molecular flexibility index (Phi) is 6.63. The zero-order valence-electron chi connectivity index (χ0n) is 16.8. The molecule has 1 amide bonds. The first-order chi connectivity index (χ1) is 14.1. The average Bonchev–Trinajstić information content (AvgIpc) is 2.76. The Balaban J connectivity index is 1.58. The number of carbonyl (C=O) groups is 1. The number of benzene rings is 2. The third-order valence-corrected chi connectivity index (χ3v) is 4.26. The number of carbonyl (C=O) groups excluding carboxylic acids is 1. The molecule has 1 heterocycles. The van der Waals surface area contributed by atoms with Crippen LogP contribution < -0.4 is 19.7 Å². The molecule has 2 aromatic carbocycles. The molecule has 1 aromatic heterocycles. The van der Waals surface area contributed by atoms with Crippen molar-refractivity contribution < 1.29 is 14.3 Å². The lowest BCUT2D eigenvalue weighted by Gasteiger charge is -2.19. The molecular weight excluding hydrogens is 368 g/mol. The molecule has 0 aliphatic heterocycles. The van der Waals surface area contributed by atoms with Gasteiger partial charge in [-0.05, 0) is 43.3 Å². The van der Waals surface area contributed by atoms with Gasteiger partial charge in [-0.3, -0.25) is 4.79 Å². The predicted octanol–water partition coefficient (Wildman–Crippen LogP) is 3.37. The third kappa shape index (κ3) is 5.44. The van der Waals surface area contributed by atoms with Crippen molar-refractivity contribution in [3.05, 3.63) is 72.2 Å². The minimum atomic E-state index is -0.267. The van der Waals surface area contributed by atoms with Crippen molar-refractivity contribution in [1.29, 1.82) is 0 Å². The molecule has 150 valence electrons. The lowest BCUT2D eigenvalue weighted by atomic mass is 10.3. The normalized spacial score (nSPS) is 10.3. The van der Waals surface area contributed by atoms with Crippen molar-refractivity contribution in [3.63, 3.8) is 0 Å². The lowest BCUT2D eigenvalue weighted by Crippen LogP contribution is -2.29. The van der Waals surface area contributed by atoms with Crippen LogP contribution >= 0.6 is 0 Å². The van der Waals surface area contributed by atoms with Gasteiger partial charge in [0.1, 0.15) is 35.4 Å².